The molecule has 0 aliphatic carbocycles. The van der Waals surface area contributed by atoms with Crippen molar-refractivity contribution in [1.82, 2.24) is 0 Å². The van der Waals surface area contributed by atoms with Crippen LogP contribution < -0.4 is 4.90 Å². The third kappa shape index (κ3) is 2.25. The molecule has 1 aromatic carbocycles. The van der Waals surface area contributed by atoms with E-state index in [1.54, 1.807) is 4.90 Å². The molecule has 0 spiro atoms. The van der Waals surface area contributed by atoms with Gasteiger partial charge in [-0.2, -0.15) is 0 Å². The molecule has 1 unspecified atom stereocenters. The first-order chi connectivity index (χ1) is 7.59. The van der Waals surface area contributed by atoms with Crippen LogP contribution in [0.15, 0.2) is 18.2 Å². The van der Waals surface area contributed by atoms with E-state index in [4.69, 9.17) is 11.6 Å². The quantitative estimate of drug-likeness (QED) is 0.727. The van der Waals surface area contributed by atoms with Gasteiger partial charge < -0.3 is 4.90 Å². The minimum absolute atomic E-state index is 0.0543. The van der Waals surface area contributed by atoms with E-state index >= 15 is 0 Å². The third-order valence-electron chi connectivity index (χ3n) is 2.84. The molecule has 0 radical (unpaired) electrons. The molecule has 1 atom stereocenters. The van der Waals surface area contributed by atoms with Crippen LogP contribution in [0.2, 0.25) is 5.02 Å². The Hall–Kier alpha value is -0.540. The maximum absolute atomic E-state index is 12.0. The van der Waals surface area contributed by atoms with Crippen molar-refractivity contribution < 1.29 is 4.79 Å². The van der Waals surface area contributed by atoms with Crippen LogP contribution in [0.25, 0.3) is 0 Å². The average molecular weight is 303 g/mol. The molecule has 2 rings (SSSR count). The van der Waals surface area contributed by atoms with E-state index in [1.165, 1.54) is 0 Å². The summed E-state index contributed by atoms with van der Waals surface area (Å²) in [5.41, 5.74) is 1.93. The molecule has 86 valence electrons. The lowest BCUT2D eigenvalue weighted by molar-refractivity contribution is -0.118. The first kappa shape index (κ1) is 11.9. The highest BCUT2D eigenvalue weighted by atomic mass is 79.9. The Balaban J connectivity index is 2.29. The summed E-state index contributed by atoms with van der Waals surface area (Å²) in [6.45, 7) is 2.73. The Morgan fingerprint density at radius 1 is 1.50 bits per heavy atom. The molecule has 4 heteroatoms. The number of hydrogen-bond donors (Lipinski definition) is 0. The zero-order valence-corrected chi connectivity index (χ0v) is 11.4. The zero-order chi connectivity index (χ0) is 11.7. The highest BCUT2D eigenvalue weighted by Gasteiger charge is 2.27. The topological polar surface area (TPSA) is 20.3 Å². The molecule has 1 aliphatic rings. The highest BCUT2D eigenvalue weighted by molar-refractivity contribution is 9.10. The number of carbonyl (C=O) groups excluding carboxylic acids is 1. The zero-order valence-electron chi connectivity index (χ0n) is 9.04. The van der Waals surface area contributed by atoms with Gasteiger partial charge in [0.1, 0.15) is 0 Å². The molecule has 1 amide bonds. The van der Waals surface area contributed by atoms with Crippen molar-refractivity contribution in [3.05, 3.63) is 28.8 Å². The van der Waals surface area contributed by atoms with E-state index < -0.39 is 0 Å². The number of carbonyl (C=O) groups is 1. The number of piperidine rings is 1. The molecule has 1 fully saturated rings. The first-order valence-corrected chi connectivity index (χ1v) is 6.60. The van der Waals surface area contributed by atoms with Gasteiger partial charge in [-0.1, -0.05) is 33.6 Å². The van der Waals surface area contributed by atoms with Gasteiger partial charge in [0.05, 0.1) is 4.83 Å². The van der Waals surface area contributed by atoms with Crippen LogP contribution in [0.4, 0.5) is 5.69 Å². The molecular formula is C12H13BrClNO. The number of halogens is 2. The summed E-state index contributed by atoms with van der Waals surface area (Å²) in [6, 6.07) is 5.76. The Morgan fingerprint density at radius 3 is 2.94 bits per heavy atom. The second-order valence-corrected chi connectivity index (χ2v) is 5.55. The fraction of sp³-hybridized carbons (Fsp3) is 0.417. The van der Waals surface area contributed by atoms with Crippen molar-refractivity contribution in [3.63, 3.8) is 0 Å². The maximum Gasteiger partial charge on any atom is 0.240 e. The van der Waals surface area contributed by atoms with Crippen LogP contribution in [-0.4, -0.2) is 17.3 Å². The standard InChI is InChI=1S/C12H13BrClNO/c1-8-4-5-9(7-11(8)14)15-6-2-3-10(13)12(15)16/h4-5,7,10H,2-3,6H2,1H3. The Bertz CT molecular complexity index is 421. The van der Waals surface area contributed by atoms with Crippen LogP contribution in [0.3, 0.4) is 0 Å². The van der Waals surface area contributed by atoms with Gasteiger partial charge in [-0.25, -0.2) is 0 Å². The van der Waals surface area contributed by atoms with Crippen LogP contribution in [0, 0.1) is 6.92 Å². The second kappa shape index (κ2) is 4.76. The van der Waals surface area contributed by atoms with Crippen LogP contribution in [0.1, 0.15) is 18.4 Å². The molecule has 1 aliphatic heterocycles. The van der Waals surface area contributed by atoms with Crippen LogP contribution >= 0.6 is 27.5 Å². The second-order valence-electron chi connectivity index (χ2n) is 4.03. The van der Waals surface area contributed by atoms with Gasteiger partial charge in [0.25, 0.3) is 0 Å². The third-order valence-corrected chi connectivity index (χ3v) is 4.10. The predicted octanol–water partition coefficient (Wildman–Crippen LogP) is 3.54. The Morgan fingerprint density at radius 2 is 2.25 bits per heavy atom. The molecule has 1 heterocycles. The number of amides is 1. The number of rotatable bonds is 1. The van der Waals surface area contributed by atoms with Crippen LogP contribution in [0.5, 0.6) is 0 Å². The van der Waals surface area contributed by atoms with Crippen LogP contribution in [-0.2, 0) is 4.79 Å². The number of aryl methyl sites for hydroxylation is 1. The van der Waals surface area contributed by atoms with Gasteiger partial charge in [0.2, 0.25) is 5.91 Å². The molecule has 0 N–H and O–H groups in total. The highest BCUT2D eigenvalue weighted by Crippen LogP contribution is 2.28. The monoisotopic (exact) mass is 301 g/mol. The molecule has 1 saturated heterocycles. The van der Waals surface area contributed by atoms with E-state index in [0.29, 0.717) is 5.02 Å². The van der Waals surface area contributed by atoms with Gasteiger partial charge in [0.15, 0.2) is 0 Å². The minimum Gasteiger partial charge on any atom is -0.311 e. The maximum atomic E-state index is 12.0. The number of benzene rings is 1. The molecule has 0 aromatic heterocycles. The summed E-state index contributed by atoms with van der Waals surface area (Å²) in [5.74, 6) is 0.131. The summed E-state index contributed by atoms with van der Waals surface area (Å²) >= 11 is 9.47. The Labute approximate surface area is 109 Å². The van der Waals surface area contributed by atoms with Crippen molar-refractivity contribution in [2.75, 3.05) is 11.4 Å². The summed E-state index contributed by atoms with van der Waals surface area (Å²) in [4.78, 5) is 13.7. The van der Waals surface area contributed by atoms with Crippen molar-refractivity contribution >= 4 is 39.1 Å². The van der Waals surface area contributed by atoms with Gasteiger partial charge in [-0.15, -0.1) is 0 Å². The van der Waals surface area contributed by atoms with Crippen molar-refractivity contribution in [2.45, 2.75) is 24.6 Å². The van der Waals surface area contributed by atoms with Gasteiger partial charge >= 0.3 is 0 Å². The molecule has 1 aromatic rings. The summed E-state index contributed by atoms with van der Waals surface area (Å²) < 4.78 is 0. The lowest BCUT2D eigenvalue weighted by atomic mass is 10.1. The van der Waals surface area contributed by atoms with Gasteiger partial charge in [-0.05, 0) is 37.5 Å². The smallest absolute Gasteiger partial charge is 0.240 e. The van der Waals surface area contributed by atoms with Crippen molar-refractivity contribution in [1.29, 1.82) is 0 Å². The first-order valence-electron chi connectivity index (χ1n) is 5.31. The predicted molar refractivity (Wildman–Crippen MR) is 70.5 cm³/mol. The number of nitrogens with zero attached hydrogens (tertiary/aromatic N) is 1. The van der Waals surface area contributed by atoms with E-state index in [0.717, 1.165) is 30.6 Å². The van der Waals surface area contributed by atoms with E-state index in [2.05, 4.69) is 15.9 Å². The molecule has 16 heavy (non-hydrogen) atoms. The summed E-state index contributed by atoms with van der Waals surface area (Å²) in [6.07, 6.45) is 1.93. The van der Waals surface area contributed by atoms with Crippen molar-refractivity contribution in [2.24, 2.45) is 0 Å². The fourth-order valence-corrected chi connectivity index (χ4v) is 2.58. The largest absolute Gasteiger partial charge is 0.311 e. The lowest BCUT2D eigenvalue weighted by Crippen LogP contribution is -2.41. The molecule has 0 bridgehead atoms. The number of anilines is 1. The lowest BCUT2D eigenvalue weighted by Gasteiger charge is -2.30. The van der Waals surface area contributed by atoms with E-state index in [1.807, 2.05) is 25.1 Å². The average Bonchev–Trinajstić information content (AvgIpc) is 2.26. The Kier molecular flexibility index (Phi) is 3.55. The van der Waals surface area contributed by atoms with Gasteiger partial charge in [-0.3, -0.25) is 4.79 Å². The fourth-order valence-electron chi connectivity index (χ4n) is 1.84. The number of alkyl halides is 1. The SMILES string of the molecule is Cc1ccc(N2CCCC(Br)C2=O)cc1Cl. The molecule has 2 nitrogen and oxygen atoms in total. The summed E-state index contributed by atoms with van der Waals surface area (Å²) in [5, 5.41) is 0.710. The minimum atomic E-state index is -0.0543. The number of hydrogen-bond acceptors (Lipinski definition) is 1. The van der Waals surface area contributed by atoms with E-state index in [9.17, 15) is 4.79 Å². The van der Waals surface area contributed by atoms with Crippen molar-refractivity contribution in [3.8, 4) is 0 Å². The summed E-state index contributed by atoms with van der Waals surface area (Å²) in [7, 11) is 0. The molecular weight excluding hydrogens is 289 g/mol. The molecule has 0 saturated carbocycles. The normalized spacial score (nSPS) is 21.3. The van der Waals surface area contributed by atoms with E-state index in [-0.39, 0.29) is 10.7 Å². The van der Waals surface area contributed by atoms with Gasteiger partial charge in [0, 0.05) is 17.3 Å².